The first kappa shape index (κ1) is 13.8. The second kappa shape index (κ2) is 6.10. The molecule has 1 fully saturated rings. The lowest BCUT2D eigenvalue weighted by molar-refractivity contribution is 0.0926. The van der Waals surface area contributed by atoms with Crippen LogP contribution >= 0.6 is 0 Å². The molecule has 1 atom stereocenters. The highest BCUT2D eigenvalue weighted by molar-refractivity contribution is 5.97. The Hall–Kier alpha value is -2.14. The number of aromatic nitrogens is 1. The number of carbonyl (C=O) groups is 1. The lowest BCUT2D eigenvalue weighted by Gasteiger charge is -2.23. The van der Waals surface area contributed by atoms with Crippen molar-refractivity contribution in [2.45, 2.75) is 25.8 Å². The molecule has 1 saturated heterocycles. The number of carbonyl (C=O) groups excluding carboxylic acids is 1. The fourth-order valence-electron chi connectivity index (χ4n) is 2.55. The summed E-state index contributed by atoms with van der Waals surface area (Å²) < 4.78 is 5.41. The summed E-state index contributed by atoms with van der Waals surface area (Å²) in [6.45, 7) is 3.85. The van der Waals surface area contributed by atoms with Crippen molar-refractivity contribution in [2.75, 3.05) is 13.1 Å². The molecule has 5 heteroatoms. The number of oxazole rings is 1. The number of amides is 1. The molecule has 2 N–H and O–H groups in total. The van der Waals surface area contributed by atoms with E-state index in [4.69, 9.17) is 4.42 Å². The standard InChI is InChI=1S/C16H19N3O2/c1-11-4-6-12(7-5-11)15-14(18-10-21-15)16(20)19-13-3-2-8-17-9-13/h4-7,10,13,17H,2-3,8-9H2,1H3,(H,19,20)/t13-/m0/s1. The summed E-state index contributed by atoms with van der Waals surface area (Å²) in [7, 11) is 0. The monoisotopic (exact) mass is 285 g/mol. The van der Waals surface area contributed by atoms with E-state index in [9.17, 15) is 4.79 Å². The molecule has 1 aromatic heterocycles. The molecule has 1 amide bonds. The largest absolute Gasteiger partial charge is 0.443 e. The lowest BCUT2D eigenvalue weighted by atomic mass is 10.1. The van der Waals surface area contributed by atoms with Gasteiger partial charge in [0.25, 0.3) is 5.91 Å². The van der Waals surface area contributed by atoms with E-state index in [-0.39, 0.29) is 11.9 Å². The number of aryl methyl sites for hydroxylation is 1. The Kier molecular flexibility index (Phi) is 4.01. The molecule has 3 rings (SSSR count). The van der Waals surface area contributed by atoms with E-state index in [0.29, 0.717) is 11.5 Å². The van der Waals surface area contributed by atoms with Crippen LogP contribution in [0.2, 0.25) is 0 Å². The lowest BCUT2D eigenvalue weighted by Crippen LogP contribution is -2.45. The molecule has 110 valence electrons. The van der Waals surface area contributed by atoms with Crippen molar-refractivity contribution >= 4 is 5.91 Å². The van der Waals surface area contributed by atoms with Crippen molar-refractivity contribution in [1.29, 1.82) is 0 Å². The zero-order valence-electron chi connectivity index (χ0n) is 12.1. The van der Waals surface area contributed by atoms with E-state index in [1.807, 2.05) is 31.2 Å². The Morgan fingerprint density at radius 3 is 2.90 bits per heavy atom. The number of hydrogen-bond donors (Lipinski definition) is 2. The topological polar surface area (TPSA) is 67.2 Å². The second-order valence-corrected chi connectivity index (χ2v) is 5.41. The number of benzene rings is 1. The Labute approximate surface area is 123 Å². The van der Waals surface area contributed by atoms with Crippen LogP contribution in [0.4, 0.5) is 0 Å². The summed E-state index contributed by atoms with van der Waals surface area (Å²) in [5.74, 6) is 0.351. The summed E-state index contributed by atoms with van der Waals surface area (Å²) in [4.78, 5) is 16.5. The van der Waals surface area contributed by atoms with E-state index < -0.39 is 0 Å². The number of nitrogens with one attached hydrogen (secondary N) is 2. The molecule has 0 radical (unpaired) electrons. The average molecular weight is 285 g/mol. The molecular formula is C16H19N3O2. The third-order valence-corrected chi connectivity index (χ3v) is 3.73. The molecule has 0 bridgehead atoms. The molecule has 0 spiro atoms. The Bertz CT molecular complexity index is 613. The maximum atomic E-state index is 12.4. The van der Waals surface area contributed by atoms with E-state index in [0.717, 1.165) is 37.1 Å². The normalized spacial score (nSPS) is 18.4. The molecular weight excluding hydrogens is 266 g/mol. The summed E-state index contributed by atoms with van der Waals surface area (Å²) in [6.07, 6.45) is 3.40. The fourth-order valence-corrected chi connectivity index (χ4v) is 2.55. The van der Waals surface area contributed by atoms with E-state index in [2.05, 4.69) is 15.6 Å². The summed E-state index contributed by atoms with van der Waals surface area (Å²) in [5.41, 5.74) is 2.38. The predicted molar refractivity (Wildman–Crippen MR) is 80.0 cm³/mol. The van der Waals surface area contributed by atoms with Gasteiger partial charge < -0.3 is 15.1 Å². The average Bonchev–Trinajstić information content (AvgIpc) is 2.98. The van der Waals surface area contributed by atoms with Crippen LogP contribution < -0.4 is 10.6 Å². The molecule has 5 nitrogen and oxygen atoms in total. The van der Waals surface area contributed by atoms with Crippen LogP contribution in [-0.2, 0) is 0 Å². The SMILES string of the molecule is Cc1ccc(-c2ocnc2C(=O)N[C@H]2CCCNC2)cc1. The van der Waals surface area contributed by atoms with Crippen LogP contribution in [0, 0.1) is 6.92 Å². The van der Waals surface area contributed by atoms with Gasteiger partial charge in [-0.05, 0) is 26.3 Å². The van der Waals surface area contributed by atoms with Gasteiger partial charge in [0.1, 0.15) is 0 Å². The van der Waals surface area contributed by atoms with E-state index in [1.165, 1.54) is 6.39 Å². The van der Waals surface area contributed by atoms with Crippen LogP contribution in [-0.4, -0.2) is 30.0 Å². The minimum absolute atomic E-state index is 0.161. The van der Waals surface area contributed by atoms with Crippen LogP contribution in [0.3, 0.4) is 0 Å². The molecule has 21 heavy (non-hydrogen) atoms. The Morgan fingerprint density at radius 2 is 2.19 bits per heavy atom. The third kappa shape index (κ3) is 3.13. The van der Waals surface area contributed by atoms with Gasteiger partial charge >= 0.3 is 0 Å². The van der Waals surface area contributed by atoms with Crippen LogP contribution in [0.15, 0.2) is 35.1 Å². The molecule has 0 saturated carbocycles. The van der Waals surface area contributed by atoms with Crippen molar-refractivity contribution in [3.05, 3.63) is 41.9 Å². The number of hydrogen-bond acceptors (Lipinski definition) is 4. The van der Waals surface area contributed by atoms with Crippen molar-refractivity contribution in [3.8, 4) is 11.3 Å². The smallest absolute Gasteiger partial charge is 0.274 e. The molecule has 2 aromatic rings. The Balaban J connectivity index is 1.78. The minimum atomic E-state index is -0.173. The van der Waals surface area contributed by atoms with Gasteiger partial charge in [-0.1, -0.05) is 29.8 Å². The fraction of sp³-hybridized carbons (Fsp3) is 0.375. The highest BCUT2D eigenvalue weighted by Gasteiger charge is 2.22. The first-order valence-electron chi connectivity index (χ1n) is 7.26. The number of nitrogens with zero attached hydrogens (tertiary/aromatic N) is 1. The molecule has 1 aromatic carbocycles. The van der Waals surface area contributed by atoms with Gasteiger partial charge in [-0.3, -0.25) is 4.79 Å². The number of rotatable bonds is 3. The van der Waals surface area contributed by atoms with Crippen molar-refractivity contribution in [1.82, 2.24) is 15.6 Å². The zero-order chi connectivity index (χ0) is 14.7. The number of piperidine rings is 1. The Morgan fingerprint density at radius 1 is 1.38 bits per heavy atom. The van der Waals surface area contributed by atoms with Gasteiger partial charge in [0, 0.05) is 18.2 Å². The molecule has 1 aliphatic heterocycles. The van der Waals surface area contributed by atoms with Gasteiger partial charge in [0.2, 0.25) is 0 Å². The predicted octanol–water partition coefficient (Wildman–Crippen LogP) is 2.13. The quantitative estimate of drug-likeness (QED) is 0.906. The van der Waals surface area contributed by atoms with Gasteiger partial charge in [0.15, 0.2) is 17.8 Å². The zero-order valence-corrected chi connectivity index (χ0v) is 12.1. The first-order valence-corrected chi connectivity index (χ1v) is 7.26. The highest BCUT2D eigenvalue weighted by atomic mass is 16.3. The maximum Gasteiger partial charge on any atom is 0.274 e. The van der Waals surface area contributed by atoms with Crippen molar-refractivity contribution in [2.24, 2.45) is 0 Å². The molecule has 1 aliphatic rings. The van der Waals surface area contributed by atoms with Gasteiger partial charge in [-0.15, -0.1) is 0 Å². The van der Waals surface area contributed by atoms with Crippen LogP contribution in [0.5, 0.6) is 0 Å². The van der Waals surface area contributed by atoms with E-state index >= 15 is 0 Å². The maximum absolute atomic E-state index is 12.4. The molecule has 0 unspecified atom stereocenters. The van der Waals surface area contributed by atoms with Crippen molar-refractivity contribution in [3.63, 3.8) is 0 Å². The second-order valence-electron chi connectivity index (χ2n) is 5.41. The molecule has 2 heterocycles. The van der Waals surface area contributed by atoms with Crippen molar-refractivity contribution < 1.29 is 9.21 Å². The minimum Gasteiger partial charge on any atom is -0.443 e. The van der Waals surface area contributed by atoms with Gasteiger partial charge in [0.05, 0.1) is 0 Å². The summed E-state index contributed by atoms with van der Waals surface area (Å²) in [5, 5.41) is 6.30. The summed E-state index contributed by atoms with van der Waals surface area (Å²) >= 11 is 0. The first-order chi connectivity index (χ1) is 10.2. The van der Waals surface area contributed by atoms with E-state index in [1.54, 1.807) is 0 Å². The van der Waals surface area contributed by atoms with Gasteiger partial charge in [-0.2, -0.15) is 0 Å². The summed E-state index contributed by atoms with van der Waals surface area (Å²) in [6, 6.07) is 8.02. The van der Waals surface area contributed by atoms with Crippen LogP contribution in [0.25, 0.3) is 11.3 Å². The van der Waals surface area contributed by atoms with Crippen LogP contribution in [0.1, 0.15) is 28.9 Å². The van der Waals surface area contributed by atoms with Gasteiger partial charge in [-0.25, -0.2) is 4.98 Å². The molecule has 0 aliphatic carbocycles. The highest BCUT2D eigenvalue weighted by Crippen LogP contribution is 2.23. The third-order valence-electron chi connectivity index (χ3n) is 3.73.